The van der Waals surface area contributed by atoms with E-state index in [2.05, 4.69) is 4.90 Å². The largest absolute Gasteiger partial charge is 0.342 e. The lowest BCUT2D eigenvalue weighted by Gasteiger charge is -2.33. The minimum Gasteiger partial charge on any atom is -0.342 e. The zero-order valence-corrected chi connectivity index (χ0v) is 20.8. The van der Waals surface area contributed by atoms with Crippen LogP contribution in [0.1, 0.15) is 38.7 Å². The van der Waals surface area contributed by atoms with Crippen LogP contribution >= 0.6 is 0 Å². The molecule has 0 bridgehead atoms. The molecule has 0 atom stereocenters. The Morgan fingerprint density at radius 2 is 1.61 bits per heavy atom. The van der Waals surface area contributed by atoms with Gasteiger partial charge in [0.15, 0.2) is 0 Å². The fourth-order valence-corrected chi connectivity index (χ4v) is 6.30. The van der Waals surface area contributed by atoms with E-state index in [0.29, 0.717) is 65.2 Å². The highest BCUT2D eigenvalue weighted by Gasteiger charge is 2.33. The molecule has 9 heteroatoms. The van der Waals surface area contributed by atoms with Crippen molar-refractivity contribution in [2.45, 2.75) is 38.9 Å². The summed E-state index contributed by atoms with van der Waals surface area (Å²) in [5.74, 6) is 0.147. The molecule has 2 aliphatic rings. The zero-order chi connectivity index (χ0) is 23.8. The topological polar surface area (TPSA) is 81.2 Å². The van der Waals surface area contributed by atoms with Crippen LogP contribution in [0.25, 0.3) is 0 Å². The third-order valence-corrected chi connectivity index (χ3v) is 8.61. The monoisotopic (exact) mass is 478 g/mol. The summed E-state index contributed by atoms with van der Waals surface area (Å²) in [6, 6.07) is 9.21. The lowest BCUT2D eigenvalue weighted by Crippen LogP contribution is -2.46. The smallest absolute Gasteiger partial charge is 0.236 e. The van der Waals surface area contributed by atoms with Gasteiger partial charge in [-0.3, -0.25) is 14.5 Å². The summed E-state index contributed by atoms with van der Waals surface area (Å²) in [5.41, 5.74) is 0.782. The second-order valence-electron chi connectivity index (χ2n) is 8.94. The van der Waals surface area contributed by atoms with Crippen molar-refractivity contribution in [2.24, 2.45) is 5.92 Å². The Hall–Kier alpha value is -1.97. The lowest BCUT2D eigenvalue weighted by molar-refractivity contribution is -0.136. The van der Waals surface area contributed by atoms with Crippen molar-refractivity contribution in [3.05, 3.63) is 35.9 Å². The molecule has 184 valence electrons. The van der Waals surface area contributed by atoms with Gasteiger partial charge in [0.05, 0.1) is 12.3 Å². The molecule has 0 saturated carbocycles. The lowest BCUT2D eigenvalue weighted by atomic mass is 9.96. The quantitative estimate of drug-likeness (QED) is 0.567. The maximum absolute atomic E-state index is 13.1. The SMILES string of the molecule is CCN(CC)C(=O)CN1CCCN(C(=O)C2CCN(S(=O)(=O)Cc3ccccc3)CC2)CC1. The molecule has 2 fully saturated rings. The molecule has 0 N–H and O–H groups in total. The second kappa shape index (κ2) is 11.9. The summed E-state index contributed by atoms with van der Waals surface area (Å²) in [7, 11) is -3.38. The highest BCUT2D eigenvalue weighted by atomic mass is 32.2. The molecule has 8 nitrogen and oxygen atoms in total. The van der Waals surface area contributed by atoms with Gasteiger partial charge in [-0.25, -0.2) is 12.7 Å². The molecule has 0 radical (unpaired) electrons. The van der Waals surface area contributed by atoms with Crippen LogP contribution in [0.4, 0.5) is 0 Å². The standard InChI is InChI=1S/C24H38N4O4S/c1-3-26(4-2)23(29)19-25-13-8-14-27(18-17-25)24(30)22-11-15-28(16-12-22)33(31,32)20-21-9-6-5-7-10-21/h5-7,9-10,22H,3-4,8,11-20H2,1-2H3. The predicted octanol–water partition coefficient (Wildman–Crippen LogP) is 1.63. The molecule has 2 aliphatic heterocycles. The molecule has 0 aliphatic carbocycles. The minimum absolute atomic E-state index is 0.000619. The van der Waals surface area contributed by atoms with Crippen LogP contribution in [0, 0.1) is 5.92 Å². The number of hydrogen-bond donors (Lipinski definition) is 0. The van der Waals surface area contributed by atoms with Gasteiger partial charge in [-0.1, -0.05) is 30.3 Å². The van der Waals surface area contributed by atoms with Crippen molar-refractivity contribution in [3.8, 4) is 0 Å². The summed E-state index contributed by atoms with van der Waals surface area (Å²) in [6.07, 6.45) is 1.97. The van der Waals surface area contributed by atoms with E-state index in [1.807, 2.05) is 54.0 Å². The summed E-state index contributed by atoms with van der Waals surface area (Å²) in [4.78, 5) is 31.5. The first kappa shape index (κ1) is 25.6. The van der Waals surface area contributed by atoms with E-state index in [0.717, 1.165) is 18.5 Å². The number of hydrogen-bond acceptors (Lipinski definition) is 5. The van der Waals surface area contributed by atoms with Crippen molar-refractivity contribution in [1.82, 2.24) is 19.0 Å². The van der Waals surface area contributed by atoms with E-state index < -0.39 is 10.0 Å². The molecule has 0 unspecified atom stereocenters. The van der Waals surface area contributed by atoms with Gasteiger partial charge in [0.1, 0.15) is 0 Å². The number of carbonyl (C=O) groups excluding carboxylic acids is 2. The van der Waals surface area contributed by atoms with E-state index in [9.17, 15) is 18.0 Å². The van der Waals surface area contributed by atoms with Gasteiger partial charge in [0.25, 0.3) is 0 Å². The van der Waals surface area contributed by atoms with E-state index >= 15 is 0 Å². The highest BCUT2D eigenvalue weighted by molar-refractivity contribution is 7.88. The zero-order valence-electron chi connectivity index (χ0n) is 20.0. The molecule has 2 amide bonds. The van der Waals surface area contributed by atoms with E-state index in [-0.39, 0.29) is 23.5 Å². The van der Waals surface area contributed by atoms with Crippen molar-refractivity contribution in [2.75, 3.05) is 58.9 Å². The Labute approximate surface area is 198 Å². The number of rotatable bonds is 8. The third-order valence-electron chi connectivity index (χ3n) is 6.76. The van der Waals surface area contributed by atoms with Gasteiger partial charge in [0, 0.05) is 58.3 Å². The number of benzene rings is 1. The van der Waals surface area contributed by atoms with Crippen LogP contribution in [0.2, 0.25) is 0 Å². The minimum atomic E-state index is -3.38. The Balaban J connectivity index is 1.48. The summed E-state index contributed by atoms with van der Waals surface area (Å²) in [6.45, 7) is 9.43. The number of piperidine rings is 1. The van der Waals surface area contributed by atoms with Crippen LogP contribution in [0.15, 0.2) is 30.3 Å². The van der Waals surface area contributed by atoms with E-state index in [1.54, 1.807) is 0 Å². The van der Waals surface area contributed by atoms with Crippen LogP contribution in [0.5, 0.6) is 0 Å². The molecule has 1 aromatic rings. The maximum atomic E-state index is 13.1. The number of likely N-dealkylation sites (N-methyl/N-ethyl adjacent to an activating group) is 1. The van der Waals surface area contributed by atoms with Gasteiger partial charge in [0.2, 0.25) is 21.8 Å². The first-order chi connectivity index (χ1) is 15.8. The third kappa shape index (κ3) is 7.01. The first-order valence-electron chi connectivity index (χ1n) is 12.1. The first-order valence-corrected chi connectivity index (χ1v) is 13.8. The average molecular weight is 479 g/mol. The van der Waals surface area contributed by atoms with Crippen molar-refractivity contribution in [3.63, 3.8) is 0 Å². The molecule has 2 heterocycles. The van der Waals surface area contributed by atoms with Gasteiger partial charge < -0.3 is 9.80 Å². The van der Waals surface area contributed by atoms with Gasteiger partial charge >= 0.3 is 0 Å². The van der Waals surface area contributed by atoms with E-state index in [1.165, 1.54) is 4.31 Å². The molecule has 0 aromatic heterocycles. The van der Waals surface area contributed by atoms with Crippen molar-refractivity contribution in [1.29, 1.82) is 0 Å². The van der Waals surface area contributed by atoms with Crippen molar-refractivity contribution < 1.29 is 18.0 Å². The van der Waals surface area contributed by atoms with Gasteiger partial charge in [-0.15, -0.1) is 0 Å². The molecule has 2 saturated heterocycles. The van der Waals surface area contributed by atoms with Gasteiger partial charge in [-0.2, -0.15) is 0 Å². The fraction of sp³-hybridized carbons (Fsp3) is 0.667. The Bertz CT molecular complexity index is 881. The van der Waals surface area contributed by atoms with E-state index in [4.69, 9.17) is 0 Å². The fourth-order valence-electron chi connectivity index (χ4n) is 4.73. The second-order valence-corrected chi connectivity index (χ2v) is 10.9. The molecule has 1 aromatic carbocycles. The summed E-state index contributed by atoms with van der Waals surface area (Å²) in [5, 5.41) is 0. The Morgan fingerprint density at radius 1 is 0.939 bits per heavy atom. The molecule has 0 spiro atoms. The van der Waals surface area contributed by atoms with Crippen LogP contribution in [-0.4, -0.2) is 98.1 Å². The number of sulfonamides is 1. The number of nitrogens with zero attached hydrogens (tertiary/aromatic N) is 4. The highest BCUT2D eigenvalue weighted by Crippen LogP contribution is 2.24. The Morgan fingerprint density at radius 3 is 2.24 bits per heavy atom. The normalized spacial score (nSPS) is 19.3. The number of amides is 2. The molecular formula is C24H38N4O4S. The molecule has 33 heavy (non-hydrogen) atoms. The maximum Gasteiger partial charge on any atom is 0.236 e. The average Bonchev–Trinajstić information content (AvgIpc) is 3.05. The summed E-state index contributed by atoms with van der Waals surface area (Å²) >= 11 is 0. The Kier molecular flexibility index (Phi) is 9.28. The van der Waals surface area contributed by atoms with Crippen LogP contribution < -0.4 is 0 Å². The number of carbonyl (C=O) groups is 2. The van der Waals surface area contributed by atoms with Crippen LogP contribution in [-0.2, 0) is 25.4 Å². The molecular weight excluding hydrogens is 440 g/mol. The predicted molar refractivity (Wildman–Crippen MR) is 129 cm³/mol. The summed E-state index contributed by atoms with van der Waals surface area (Å²) < 4.78 is 27.1. The van der Waals surface area contributed by atoms with Crippen LogP contribution in [0.3, 0.4) is 0 Å². The van der Waals surface area contributed by atoms with Crippen molar-refractivity contribution >= 4 is 21.8 Å². The van der Waals surface area contributed by atoms with Gasteiger partial charge in [-0.05, 0) is 38.7 Å². The molecule has 3 rings (SSSR count).